The summed E-state index contributed by atoms with van der Waals surface area (Å²) in [7, 11) is 0. The van der Waals surface area contributed by atoms with Crippen LogP contribution in [0.3, 0.4) is 0 Å². The van der Waals surface area contributed by atoms with E-state index < -0.39 is 0 Å². The Hall–Kier alpha value is -4.08. The first-order valence-electron chi connectivity index (χ1n) is 10.7. The van der Waals surface area contributed by atoms with Crippen molar-refractivity contribution in [2.75, 3.05) is 0 Å². The number of pyridine rings is 1. The van der Waals surface area contributed by atoms with Crippen LogP contribution >= 0.6 is 0 Å². The fourth-order valence-corrected chi connectivity index (χ4v) is 4.80. The normalized spacial score (nSPS) is 16.8. The first kappa shape index (κ1) is 22.1. The van der Waals surface area contributed by atoms with Gasteiger partial charge in [-0.25, -0.2) is 9.97 Å². The minimum absolute atomic E-state index is 0.00124. The highest BCUT2D eigenvalue weighted by Crippen LogP contribution is 2.61. The van der Waals surface area contributed by atoms with Crippen LogP contribution in [0.4, 0.5) is 0 Å². The van der Waals surface area contributed by atoms with Crippen molar-refractivity contribution in [3.63, 3.8) is 0 Å². The van der Waals surface area contributed by atoms with Gasteiger partial charge in [0.15, 0.2) is 5.82 Å². The predicted molar refractivity (Wildman–Crippen MR) is 125 cm³/mol. The van der Waals surface area contributed by atoms with E-state index >= 15 is 0 Å². The topological polar surface area (TPSA) is 110 Å². The van der Waals surface area contributed by atoms with Gasteiger partial charge in [-0.05, 0) is 39.5 Å². The van der Waals surface area contributed by atoms with Crippen LogP contribution in [0.25, 0.3) is 22.6 Å². The molecule has 162 valence electrons. The summed E-state index contributed by atoms with van der Waals surface area (Å²) < 4.78 is 0. The van der Waals surface area contributed by atoms with Crippen LogP contribution in [0.2, 0.25) is 0 Å². The van der Waals surface area contributed by atoms with Gasteiger partial charge in [-0.1, -0.05) is 53.7 Å². The van der Waals surface area contributed by atoms with Crippen molar-refractivity contribution in [3.05, 3.63) is 64.6 Å². The second-order valence-electron chi connectivity index (χ2n) is 10.1. The van der Waals surface area contributed by atoms with Crippen LogP contribution in [0.1, 0.15) is 69.6 Å². The summed E-state index contributed by atoms with van der Waals surface area (Å²) in [4.78, 5) is 12.9. The van der Waals surface area contributed by atoms with Gasteiger partial charge < -0.3 is 0 Å². The van der Waals surface area contributed by atoms with E-state index in [0.29, 0.717) is 16.8 Å². The minimum atomic E-state index is -0.0616. The fourth-order valence-electron chi connectivity index (χ4n) is 4.80. The molecule has 1 aliphatic rings. The molecule has 0 N–H and O–H groups in total. The van der Waals surface area contributed by atoms with Crippen LogP contribution in [0.15, 0.2) is 36.5 Å². The van der Waals surface area contributed by atoms with E-state index in [1.807, 2.05) is 18.2 Å². The van der Waals surface area contributed by atoms with Crippen molar-refractivity contribution >= 4 is 0 Å². The highest BCUT2D eigenvalue weighted by atomic mass is 14.9. The Labute approximate surface area is 194 Å². The second-order valence-corrected chi connectivity index (χ2v) is 10.1. The lowest BCUT2D eigenvalue weighted by Gasteiger charge is -2.44. The molecule has 1 aliphatic carbocycles. The van der Waals surface area contributed by atoms with Crippen LogP contribution < -0.4 is 0 Å². The lowest BCUT2D eigenvalue weighted by molar-refractivity contribution is 0.125. The summed E-state index contributed by atoms with van der Waals surface area (Å²) >= 11 is 0. The third-order valence-electron chi connectivity index (χ3n) is 7.99. The fraction of sp³-hybridized carbons (Fsp3) is 0.333. The zero-order valence-corrected chi connectivity index (χ0v) is 19.6. The van der Waals surface area contributed by atoms with E-state index in [1.165, 1.54) is 17.2 Å². The Kier molecular flexibility index (Phi) is 4.84. The molecule has 3 aromatic rings. The molecule has 2 aromatic heterocycles. The molecule has 0 saturated heterocycles. The van der Waals surface area contributed by atoms with E-state index in [9.17, 15) is 15.8 Å². The van der Waals surface area contributed by atoms with Crippen molar-refractivity contribution in [2.24, 2.45) is 5.41 Å². The van der Waals surface area contributed by atoms with Gasteiger partial charge in [0.05, 0.1) is 11.3 Å². The summed E-state index contributed by atoms with van der Waals surface area (Å²) in [6, 6.07) is 15.4. The van der Waals surface area contributed by atoms with Gasteiger partial charge in [0.1, 0.15) is 29.6 Å². The summed E-state index contributed by atoms with van der Waals surface area (Å²) in [6.07, 6.45) is 1.58. The summed E-state index contributed by atoms with van der Waals surface area (Å²) in [5, 5.41) is 28.3. The summed E-state index contributed by atoms with van der Waals surface area (Å²) in [5.74, 6) is 0.194. The molecule has 1 aromatic carbocycles. The lowest BCUT2D eigenvalue weighted by atomic mass is 9.59. The van der Waals surface area contributed by atoms with Crippen LogP contribution in [0.5, 0.6) is 0 Å². The van der Waals surface area contributed by atoms with Crippen LogP contribution in [-0.2, 0) is 10.8 Å². The SMILES string of the molecule is CC1(C)c2ccc(-c3ncc(-c4nc(C#N)cc(C#N)n4)cc3C#N)cc2C(C)(C)C1(C)C. The van der Waals surface area contributed by atoms with Gasteiger partial charge >= 0.3 is 0 Å². The number of hydrogen-bond donors (Lipinski definition) is 0. The minimum Gasteiger partial charge on any atom is -0.254 e. The van der Waals surface area contributed by atoms with Crippen molar-refractivity contribution in [2.45, 2.75) is 52.4 Å². The predicted octanol–water partition coefficient (Wildman–Crippen LogP) is 5.42. The molecular formula is C27H24N6. The van der Waals surface area contributed by atoms with Gasteiger partial charge in [0.2, 0.25) is 0 Å². The van der Waals surface area contributed by atoms with Crippen molar-refractivity contribution in [1.82, 2.24) is 15.0 Å². The quantitative estimate of drug-likeness (QED) is 0.535. The maximum Gasteiger partial charge on any atom is 0.163 e. The third-order valence-corrected chi connectivity index (χ3v) is 7.99. The van der Waals surface area contributed by atoms with E-state index in [-0.39, 0.29) is 33.5 Å². The Balaban J connectivity index is 1.85. The molecule has 0 aliphatic heterocycles. The van der Waals surface area contributed by atoms with Gasteiger partial charge in [0.25, 0.3) is 0 Å². The van der Waals surface area contributed by atoms with Crippen molar-refractivity contribution < 1.29 is 0 Å². The molecule has 0 bridgehead atoms. The average molecular weight is 433 g/mol. The van der Waals surface area contributed by atoms with Gasteiger partial charge in [-0.2, -0.15) is 15.8 Å². The van der Waals surface area contributed by atoms with Crippen molar-refractivity contribution in [1.29, 1.82) is 15.8 Å². The number of benzene rings is 1. The zero-order valence-electron chi connectivity index (χ0n) is 19.6. The molecule has 4 rings (SSSR count). The molecular weight excluding hydrogens is 408 g/mol. The Bertz CT molecular complexity index is 1390. The molecule has 0 saturated carbocycles. The number of fused-ring (bicyclic) bond motifs is 1. The molecule has 0 amide bonds. The maximum absolute atomic E-state index is 9.88. The first-order chi connectivity index (χ1) is 15.5. The molecule has 0 fully saturated rings. The van der Waals surface area contributed by atoms with Gasteiger partial charge in [-0.15, -0.1) is 0 Å². The molecule has 0 radical (unpaired) electrons. The van der Waals surface area contributed by atoms with Crippen molar-refractivity contribution in [3.8, 4) is 40.9 Å². The highest BCUT2D eigenvalue weighted by Gasteiger charge is 2.56. The highest BCUT2D eigenvalue weighted by molar-refractivity contribution is 5.72. The number of nitrogens with zero attached hydrogens (tertiary/aromatic N) is 6. The molecule has 6 nitrogen and oxygen atoms in total. The zero-order chi connectivity index (χ0) is 24.2. The number of nitriles is 3. The average Bonchev–Trinajstić information content (AvgIpc) is 2.92. The smallest absolute Gasteiger partial charge is 0.163 e. The van der Waals surface area contributed by atoms with Gasteiger partial charge in [-0.3, -0.25) is 4.98 Å². The van der Waals surface area contributed by atoms with E-state index in [4.69, 9.17) is 0 Å². The number of hydrogen-bond acceptors (Lipinski definition) is 6. The largest absolute Gasteiger partial charge is 0.254 e. The maximum atomic E-state index is 9.88. The Morgan fingerprint density at radius 1 is 0.697 bits per heavy atom. The van der Waals surface area contributed by atoms with E-state index in [2.05, 4.69) is 74.7 Å². The summed E-state index contributed by atoms with van der Waals surface area (Å²) in [6.45, 7) is 13.8. The van der Waals surface area contributed by atoms with E-state index in [0.717, 1.165) is 5.56 Å². The molecule has 2 heterocycles. The third kappa shape index (κ3) is 3.09. The van der Waals surface area contributed by atoms with E-state index in [1.54, 1.807) is 12.3 Å². The Morgan fingerprint density at radius 2 is 1.30 bits per heavy atom. The first-order valence-corrected chi connectivity index (χ1v) is 10.7. The second kappa shape index (κ2) is 7.22. The Morgan fingerprint density at radius 3 is 1.88 bits per heavy atom. The summed E-state index contributed by atoms with van der Waals surface area (Å²) in [5.41, 5.74) is 5.07. The van der Waals surface area contributed by atoms with Crippen LogP contribution in [0, 0.1) is 39.4 Å². The molecule has 0 atom stereocenters. The standard InChI is InChI=1S/C27H24N6/c1-25(2)21-8-7-16(10-22(21)26(3,4)27(25,5)6)23-17(12-28)9-18(15-31-23)24-32-19(13-29)11-20(14-30)33-24/h7-11,15H,1-6H3. The molecule has 0 unspecified atom stereocenters. The van der Waals surface area contributed by atoms with Crippen LogP contribution in [-0.4, -0.2) is 15.0 Å². The lowest BCUT2D eigenvalue weighted by Crippen LogP contribution is -2.42. The molecule has 33 heavy (non-hydrogen) atoms. The monoisotopic (exact) mass is 432 g/mol. The van der Waals surface area contributed by atoms with Gasteiger partial charge in [0, 0.05) is 23.4 Å². The number of aromatic nitrogens is 3. The number of rotatable bonds is 2. The molecule has 6 heteroatoms. The molecule has 0 spiro atoms.